The lowest BCUT2D eigenvalue weighted by Gasteiger charge is -2.23. The smallest absolute Gasteiger partial charge is 0.416 e. The molecule has 0 aliphatic rings. The van der Waals surface area contributed by atoms with E-state index in [1.165, 1.54) is 7.11 Å². The highest BCUT2D eigenvalue weighted by atomic mass is 35.5. The molecule has 0 aromatic heterocycles. The first kappa shape index (κ1) is 31.9. The summed E-state index contributed by atoms with van der Waals surface area (Å²) in [6, 6.07) is 7.24. The van der Waals surface area contributed by atoms with Gasteiger partial charge in [0.2, 0.25) is 0 Å². The van der Waals surface area contributed by atoms with Crippen LogP contribution in [-0.4, -0.2) is 30.6 Å². The van der Waals surface area contributed by atoms with Crippen LogP contribution in [0.15, 0.2) is 48.5 Å². The number of carbonyl (C=O) groups excluding carboxylic acids is 1. The Morgan fingerprint density at radius 1 is 0.902 bits per heavy atom. The molecule has 1 amide bonds. The van der Waals surface area contributed by atoms with Crippen LogP contribution in [0.3, 0.4) is 0 Å². The van der Waals surface area contributed by atoms with Gasteiger partial charge >= 0.3 is 18.3 Å². The SMILES string of the molecule is COc1ccc(Oc2c(Cl)cc(N(CC(=O)O)C(=O)c3cc(C(F)(F)F)cc(C(F)(F)F)c3)cc2Cl)cc1C(C)C. The van der Waals surface area contributed by atoms with Gasteiger partial charge in [-0.15, -0.1) is 0 Å². The molecule has 0 saturated carbocycles. The summed E-state index contributed by atoms with van der Waals surface area (Å²) in [5, 5.41) is 8.91. The maximum absolute atomic E-state index is 13.3. The summed E-state index contributed by atoms with van der Waals surface area (Å²) in [5.74, 6) is -2.24. The maximum Gasteiger partial charge on any atom is 0.416 e. The first-order valence-corrected chi connectivity index (χ1v) is 12.4. The molecular weight excluding hydrogens is 603 g/mol. The van der Waals surface area contributed by atoms with E-state index in [1.807, 2.05) is 13.8 Å². The van der Waals surface area contributed by atoms with Gasteiger partial charge < -0.3 is 14.6 Å². The standard InChI is InChI=1S/C27H21Cl2F6NO5/c1-13(2)19-11-18(4-5-22(19)40-3)41-24-20(28)9-17(10-21(24)29)36(12-23(37)38)25(39)14-6-15(26(30,31)32)8-16(7-14)27(33,34)35/h4-11,13H,12H2,1-3H3,(H,37,38). The van der Waals surface area contributed by atoms with Gasteiger partial charge in [0, 0.05) is 16.8 Å². The van der Waals surface area contributed by atoms with Crippen LogP contribution in [0.25, 0.3) is 0 Å². The quantitative estimate of drug-likeness (QED) is 0.254. The van der Waals surface area contributed by atoms with E-state index in [2.05, 4.69) is 0 Å². The molecule has 0 spiro atoms. The minimum Gasteiger partial charge on any atom is -0.496 e. The fourth-order valence-electron chi connectivity index (χ4n) is 3.79. The van der Waals surface area contributed by atoms with Gasteiger partial charge in [-0.2, -0.15) is 26.3 Å². The van der Waals surface area contributed by atoms with Gasteiger partial charge in [-0.3, -0.25) is 14.5 Å². The largest absolute Gasteiger partial charge is 0.496 e. The van der Waals surface area contributed by atoms with Gasteiger partial charge in [0.25, 0.3) is 5.91 Å². The number of carboxylic acid groups (broad SMARTS) is 1. The van der Waals surface area contributed by atoms with Gasteiger partial charge in [0.1, 0.15) is 18.0 Å². The second-order valence-corrected chi connectivity index (χ2v) is 9.79. The number of rotatable bonds is 8. The molecular formula is C27H21Cl2F6NO5. The van der Waals surface area contributed by atoms with Crippen molar-refractivity contribution in [3.63, 3.8) is 0 Å². The molecule has 0 fully saturated rings. The number of hydrogen-bond donors (Lipinski definition) is 1. The molecule has 41 heavy (non-hydrogen) atoms. The third-order valence-corrected chi connectivity index (χ3v) is 6.27. The van der Waals surface area contributed by atoms with E-state index in [0.29, 0.717) is 16.4 Å². The highest BCUT2D eigenvalue weighted by Crippen LogP contribution is 2.42. The zero-order valence-electron chi connectivity index (χ0n) is 21.5. The molecule has 6 nitrogen and oxygen atoms in total. The lowest BCUT2D eigenvalue weighted by Crippen LogP contribution is -2.36. The summed E-state index contributed by atoms with van der Waals surface area (Å²) in [4.78, 5) is 25.2. The highest BCUT2D eigenvalue weighted by Gasteiger charge is 2.38. The van der Waals surface area contributed by atoms with Gasteiger partial charge in [0.15, 0.2) is 5.75 Å². The Morgan fingerprint density at radius 2 is 1.44 bits per heavy atom. The predicted molar refractivity (Wildman–Crippen MR) is 139 cm³/mol. The number of carboxylic acids is 1. The second-order valence-electron chi connectivity index (χ2n) is 8.98. The summed E-state index contributed by atoms with van der Waals surface area (Å²) >= 11 is 12.7. The molecule has 0 bridgehead atoms. The van der Waals surface area contributed by atoms with E-state index in [-0.39, 0.29) is 45.6 Å². The van der Waals surface area contributed by atoms with Crippen molar-refractivity contribution in [1.82, 2.24) is 0 Å². The Morgan fingerprint density at radius 3 is 1.88 bits per heavy atom. The zero-order chi connectivity index (χ0) is 30.9. The van der Waals surface area contributed by atoms with Crippen molar-refractivity contribution < 1.29 is 50.5 Å². The number of hydrogen-bond acceptors (Lipinski definition) is 4. The van der Waals surface area contributed by atoms with E-state index in [4.69, 9.17) is 32.7 Å². The maximum atomic E-state index is 13.3. The Balaban J connectivity index is 2.07. The topological polar surface area (TPSA) is 76.1 Å². The van der Waals surface area contributed by atoms with Gasteiger partial charge in [0.05, 0.1) is 28.3 Å². The number of nitrogens with zero attached hydrogens (tertiary/aromatic N) is 1. The lowest BCUT2D eigenvalue weighted by molar-refractivity contribution is -0.143. The molecule has 0 heterocycles. The first-order chi connectivity index (χ1) is 18.9. The molecule has 0 aliphatic heterocycles. The van der Waals surface area contributed by atoms with Crippen LogP contribution in [0.5, 0.6) is 17.2 Å². The van der Waals surface area contributed by atoms with Gasteiger partial charge in [-0.05, 0) is 54.4 Å². The third kappa shape index (κ3) is 7.56. The number of halogens is 8. The monoisotopic (exact) mass is 623 g/mol. The minimum atomic E-state index is -5.23. The predicted octanol–water partition coefficient (Wildman–Crippen LogP) is 8.69. The molecule has 3 aromatic rings. The fraction of sp³-hybridized carbons (Fsp3) is 0.259. The van der Waals surface area contributed by atoms with Crippen molar-refractivity contribution in [3.05, 3.63) is 80.8 Å². The average molecular weight is 624 g/mol. The molecule has 3 rings (SSSR count). The van der Waals surface area contributed by atoms with Gasteiger partial charge in [-0.25, -0.2) is 0 Å². The van der Waals surface area contributed by atoms with Crippen molar-refractivity contribution in [2.45, 2.75) is 32.1 Å². The second kappa shape index (κ2) is 12.1. The van der Waals surface area contributed by atoms with Crippen molar-refractivity contribution >= 4 is 40.8 Å². The van der Waals surface area contributed by atoms with Crippen molar-refractivity contribution in [1.29, 1.82) is 0 Å². The number of alkyl halides is 6. The van der Waals surface area contributed by atoms with Crippen LogP contribution in [0.2, 0.25) is 10.0 Å². The summed E-state index contributed by atoms with van der Waals surface area (Å²) in [6.45, 7) is 2.71. The minimum absolute atomic E-state index is 0.0473. The number of carbonyl (C=O) groups is 2. The Labute approximate surface area is 240 Å². The molecule has 0 unspecified atom stereocenters. The van der Waals surface area contributed by atoms with E-state index in [0.717, 1.165) is 17.7 Å². The lowest BCUT2D eigenvalue weighted by atomic mass is 10.0. The van der Waals surface area contributed by atoms with Gasteiger partial charge in [-0.1, -0.05) is 37.0 Å². The number of methoxy groups -OCH3 is 1. The third-order valence-electron chi connectivity index (χ3n) is 5.71. The number of aliphatic carboxylic acids is 1. The number of ether oxygens (including phenoxy) is 2. The van der Waals surface area contributed by atoms with Crippen LogP contribution < -0.4 is 14.4 Å². The Hall–Kier alpha value is -3.64. The van der Waals surface area contributed by atoms with Crippen molar-refractivity contribution in [2.75, 3.05) is 18.6 Å². The molecule has 0 atom stereocenters. The molecule has 220 valence electrons. The number of benzene rings is 3. The summed E-state index contributed by atoms with van der Waals surface area (Å²) in [5.41, 5.74) is -4.06. The molecule has 14 heteroatoms. The Bertz CT molecular complexity index is 1420. The zero-order valence-corrected chi connectivity index (χ0v) is 23.0. The first-order valence-electron chi connectivity index (χ1n) is 11.6. The van der Waals surface area contributed by atoms with E-state index in [9.17, 15) is 41.0 Å². The molecule has 0 radical (unpaired) electrons. The molecule has 1 N–H and O–H groups in total. The van der Waals surface area contributed by atoms with Crippen molar-refractivity contribution in [3.8, 4) is 17.2 Å². The van der Waals surface area contributed by atoms with Crippen LogP contribution in [0, 0.1) is 0 Å². The molecule has 0 saturated heterocycles. The van der Waals surface area contributed by atoms with E-state index in [1.54, 1.807) is 18.2 Å². The molecule has 0 aliphatic carbocycles. The summed E-state index contributed by atoms with van der Waals surface area (Å²) in [7, 11) is 1.50. The van der Waals surface area contributed by atoms with Crippen LogP contribution in [0.4, 0.5) is 32.0 Å². The normalized spacial score (nSPS) is 11.9. The van der Waals surface area contributed by atoms with Crippen LogP contribution in [0.1, 0.15) is 46.8 Å². The van der Waals surface area contributed by atoms with E-state index < -0.39 is 47.5 Å². The fourth-order valence-corrected chi connectivity index (χ4v) is 4.35. The average Bonchev–Trinajstić information content (AvgIpc) is 2.87. The van der Waals surface area contributed by atoms with Crippen molar-refractivity contribution in [2.24, 2.45) is 0 Å². The van der Waals surface area contributed by atoms with E-state index >= 15 is 0 Å². The molecule has 3 aromatic carbocycles. The number of amides is 1. The van der Waals surface area contributed by atoms with Crippen LogP contribution in [-0.2, 0) is 17.1 Å². The number of anilines is 1. The highest BCUT2D eigenvalue weighted by molar-refractivity contribution is 6.37. The summed E-state index contributed by atoms with van der Waals surface area (Å²) in [6.07, 6.45) is -10.5. The Kier molecular flexibility index (Phi) is 9.39. The summed E-state index contributed by atoms with van der Waals surface area (Å²) < 4.78 is 91.1. The van der Waals surface area contributed by atoms with Crippen LogP contribution >= 0.6 is 23.2 Å².